The first-order valence-electron chi connectivity index (χ1n) is 8.86. The Kier molecular flexibility index (Phi) is 4.61. The number of aromatic nitrogens is 2. The number of piperidine rings is 2. The maximum atomic E-state index is 10.1. The molecular weight excluding hydrogens is 288 g/mol. The molecule has 1 N–H and O–H groups in total. The lowest BCUT2D eigenvalue weighted by Gasteiger charge is -2.54. The molecule has 2 fully saturated rings. The van der Waals surface area contributed by atoms with Gasteiger partial charge in [-0.05, 0) is 45.7 Å². The topological polar surface area (TPSA) is 52.5 Å². The summed E-state index contributed by atoms with van der Waals surface area (Å²) in [4.78, 5) is 14.0. The van der Waals surface area contributed by atoms with Gasteiger partial charge in [0.25, 0.3) is 0 Å². The van der Waals surface area contributed by atoms with Gasteiger partial charge in [-0.15, -0.1) is 0 Å². The van der Waals surface area contributed by atoms with E-state index in [-0.39, 0.29) is 5.41 Å². The number of likely N-dealkylation sites (N-methyl/N-ethyl adjacent to an activating group) is 1. The van der Waals surface area contributed by atoms with Crippen LogP contribution in [0.4, 0.5) is 5.82 Å². The van der Waals surface area contributed by atoms with E-state index < -0.39 is 0 Å². The number of hydrogen-bond acceptors (Lipinski definition) is 5. The van der Waals surface area contributed by atoms with Gasteiger partial charge in [-0.1, -0.05) is 13.8 Å². The Morgan fingerprint density at radius 2 is 2.13 bits per heavy atom. The summed E-state index contributed by atoms with van der Waals surface area (Å²) in [7, 11) is 2.20. The lowest BCUT2D eigenvalue weighted by molar-refractivity contribution is -0.0277. The summed E-state index contributed by atoms with van der Waals surface area (Å²) in [6.07, 6.45) is 5.36. The number of aliphatic hydroxyl groups excluding tert-OH is 1. The highest BCUT2D eigenvalue weighted by molar-refractivity contribution is 5.48. The fourth-order valence-electron chi connectivity index (χ4n) is 4.34. The molecule has 3 rings (SSSR count). The summed E-state index contributed by atoms with van der Waals surface area (Å²) in [5.41, 5.74) is 1.30. The van der Waals surface area contributed by atoms with Crippen molar-refractivity contribution in [1.29, 1.82) is 0 Å². The molecule has 5 heteroatoms. The number of fused-ring (bicyclic) bond motifs is 1. The van der Waals surface area contributed by atoms with Gasteiger partial charge in [0, 0.05) is 36.3 Å². The van der Waals surface area contributed by atoms with Gasteiger partial charge in [-0.25, -0.2) is 9.97 Å². The van der Waals surface area contributed by atoms with E-state index in [0.717, 1.165) is 44.1 Å². The van der Waals surface area contributed by atoms with Crippen LogP contribution in [0.2, 0.25) is 0 Å². The highest BCUT2D eigenvalue weighted by Gasteiger charge is 2.46. The first-order chi connectivity index (χ1) is 11.0. The molecule has 0 unspecified atom stereocenters. The molecule has 2 atom stereocenters. The number of nitrogens with zero attached hydrogens (tertiary/aromatic N) is 4. The van der Waals surface area contributed by atoms with Gasteiger partial charge < -0.3 is 14.9 Å². The molecule has 0 spiro atoms. The van der Waals surface area contributed by atoms with Gasteiger partial charge in [0.1, 0.15) is 11.6 Å². The van der Waals surface area contributed by atoms with E-state index >= 15 is 0 Å². The average molecular weight is 318 g/mol. The van der Waals surface area contributed by atoms with Gasteiger partial charge in [0.05, 0.1) is 6.61 Å². The van der Waals surface area contributed by atoms with Crippen LogP contribution in [0.25, 0.3) is 0 Å². The van der Waals surface area contributed by atoms with E-state index in [9.17, 15) is 5.11 Å². The normalized spacial score (nSPS) is 29.0. The molecule has 1 aromatic heterocycles. The van der Waals surface area contributed by atoms with Crippen LogP contribution in [-0.2, 0) is 0 Å². The van der Waals surface area contributed by atoms with Crippen molar-refractivity contribution in [2.45, 2.75) is 52.0 Å². The highest BCUT2D eigenvalue weighted by Crippen LogP contribution is 2.42. The summed E-state index contributed by atoms with van der Waals surface area (Å²) in [6, 6.07) is 0.408. The first-order valence-corrected chi connectivity index (χ1v) is 8.86. The van der Waals surface area contributed by atoms with Crippen LogP contribution < -0.4 is 4.90 Å². The van der Waals surface area contributed by atoms with Crippen molar-refractivity contribution in [1.82, 2.24) is 14.9 Å². The molecule has 0 aliphatic carbocycles. The molecule has 0 amide bonds. The number of aryl methyl sites for hydroxylation is 1. The zero-order chi connectivity index (χ0) is 16.6. The molecule has 0 aromatic carbocycles. The standard InChI is InChI=1S/C18H30N4O/c1-13(2)15-10-19-14(3)20-17(15)22-9-7-18(12-23)6-5-8-21(4)16(18)11-22/h10,13,16,23H,5-9,11-12H2,1-4H3/t16-,18-/m1/s1. The number of rotatable bonds is 3. The average Bonchev–Trinajstić information content (AvgIpc) is 2.54. The third kappa shape index (κ3) is 2.96. The maximum absolute atomic E-state index is 10.1. The minimum Gasteiger partial charge on any atom is -0.396 e. The molecule has 1 aromatic rings. The summed E-state index contributed by atoms with van der Waals surface area (Å²) in [5.74, 6) is 2.35. The minimum absolute atomic E-state index is 0.0730. The fraction of sp³-hybridized carbons (Fsp3) is 0.778. The first kappa shape index (κ1) is 16.7. The van der Waals surface area contributed by atoms with Gasteiger partial charge in [0.2, 0.25) is 0 Å². The van der Waals surface area contributed by atoms with Gasteiger partial charge >= 0.3 is 0 Å². The van der Waals surface area contributed by atoms with Crippen LogP contribution >= 0.6 is 0 Å². The van der Waals surface area contributed by atoms with Crippen molar-refractivity contribution < 1.29 is 5.11 Å². The second kappa shape index (κ2) is 6.36. The fourth-order valence-corrected chi connectivity index (χ4v) is 4.34. The molecule has 5 nitrogen and oxygen atoms in total. The predicted octanol–water partition coefficient (Wildman–Crippen LogP) is 2.19. The monoisotopic (exact) mass is 318 g/mol. The van der Waals surface area contributed by atoms with Crippen LogP contribution in [-0.4, -0.2) is 59.3 Å². The van der Waals surface area contributed by atoms with Crippen LogP contribution in [0.15, 0.2) is 6.20 Å². The largest absolute Gasteiger partial charge is 0.396 e. The Morgan fingerprint density at radius 3 is 2.83 bits per heavy atom. The lowest BCUT2D eigenvalue weighted by atomic mass is 9.69. The van der Waals surface area contributed by atoms with Crippen molar-refractivity contribution in [3.8, 4) is 0 Å². The number of anilines is 1. The van der Waals surface area contributed by atoms with E-state index in [1.807, 2.05) is 13.1 Å². The van der Waals surface area contributed by atoms with Crippen molar-refractivity contribution in [3.05, 3.63) is 17.6 Å². The van der Waals surface area contributed by atoms with Crippen LogP contribution in [0.5, 0.6) is 0 Å². The van der Waals surface area contributed by atoms with E-state index in [1.165, 1.54) is 12.0 Å². The SMILES string of the molecule is Cc1ncc(C(C)C)c(N2CC[C@@]3(CO)CCCN(C)[C@@H]3C2)n1. The van der Waals surface area contributed by atoms with Crippen LogP contribution in [0.1, 0.15) is 50.4 Å². The Hall–Kier alpha value is -1.20. The predicted molar refractivity (Wildman–Crippen MR) is 92.9 cm³/mol. The van der Waals surface area contributed by atoms with E-state index in [4.69, 9.17) is 4.98 Å². The molecule has 128 valence electrons. The van der Waals surface area contributed by atoms with Crippen LogP contribution in [0.3, 0.4) is 0 Å². The van der Waals surface area contributed by atoms with Gasteiger partial charge in [-0.2, -0.15) is 0 Å². The summed E-state index contributed by atoms with van der Waals surface area (Å²) in [5, 5.41) is 10.1. The van der Waals surface area contributed by atoms with Crippen molar-refractivity contribution in [2.24, 2.45) is 5.41 Å². The Bertz CT molecular complexity index is 562. The summed E-state index contributed by atoms with van der Waals surface area (Å²) >= 11 is 0. The van der Waals surface area contributed by atoms with E-state index in [2.05, 4.69) is 35.7 Å². The summed E-state index contributed by atoms with van der Waals surface area (Å²) < 4.78 is 0. The molecule has 23 heavy (non-hydrogen) atoms. The Labute approximate surface area is 139 Å². The van der Waals surface area contributed by atoms with Crippen molar-refractivity contribution in [3.63, 3.8) is 0 Å². The third-order valence-electron chi connectivity index (χ3n) is 5.85. The van der Waals surface area contributed by atoms with Gasteiger partial charge in [0.15, 0.2) is 0 Å². The second-order valence-electron chi connectivity index (χ2n) is 7.67. The molecule has 2 aliphatic rings. The molecule has 2 saturated heterocycles. The number of hydrogen-bond donors (Lipinski definition) is 1. The van der Waals surface area contributed by atoms with E-state index in [0.29, 0.717) is 18.6 Å². The minimum atomic E-state index is 0.0730. The Balaban J connectivity index is 1.91. The molecule has 0 radical (unpaired) electrons. The zero-order valence-electron chi connectivity index (χ0n) is 14.9. The summed E-state index contributed by atoms with van der Waals surface area (Å²) in [6.45, 7) is 9.71. The third-order valence-corrected chi connectivity index (χ3v) is 5.85. The van der Waals surface area contributed by atoms with Crippen molar-refractivity contribution in [2.75, 3.05) is 38.2 Å². The zero-order valence-corrected chi connectivity index (χ0v) is 14.9. The Morgan fingerprint density at radius 1 is 1.35 bits per heavy atom. The second-order valence-corrected chi connectivity index (χ2v) is 7.67. The number of likely N-dealkylation sites (tertiary alicyclic amines) is 1. The highest BCUT2D eigenvalue weighted by atomic mass is 16.3. The molecule has 3 heterocycles. The smallest absolute Gasteiger partial charge is 0.135 e. The molecular formula is C18H30N4O. The maximum Gasteiger partial charge on any atom is 0.135 e. The van der Waals surface area contributed by atoms with Gasteiger partial charge in [-0.3, -0.25) is 0 Å². The molecule has 0 bridgehead atoms. The van der Waals surface area contributed by atoms with Crippen molar-refractivity contribution >= 4 is 5.82 Å². The number of aliphatic hydroxyl groups is 1. The molecule has 0 saturated carbocycles. The quantitative estimate of drug-likeness (QED) is 0.926. The van der Waals surface area contributed by atoms with E-state index in [1.54, 1.807) is 0 Å². The molecule has 2 aliphatic heterocycles. The van der Waals surface area contributed by atoms with Crippen LogP contribution in [0, 0.1) is 12.3 Å². The lowest BCUT2D eigenvalue weighted by Crippen LogP contribution is -2.61.